The van der Waals surface area contributed by atoms with Crippen molar-refractivity contribution in [3.05, 3.63) is 24.4 Å². The summed E-state index contributed by atoms with van der Waals surface area (Å²) >= 11 is 0. The molecule has 0 aliphatic carbocycles. The molecule has 0 fully saturated rings. The van der Waals surface area contributed by atoms with Crippen LogP contribution in [0.1, 0.15) is 13.8 Å². The number of H-pyrrole nitrogens is 1. The third-order valence-electron chi connectivity index (χ3n) is 2.40. The van der Waals surface area contributed by atoms with Crippen LogP contribution in [0.5, 0.6) is 0 Å². The van der Waals surface area contributed by atoms with Gasteiger partial charge < -0.3 is 4.74 Å². The predicted molar refractivity (Wildman–Crippen MR) is 66.7 cm³/mol. The molecule has 0 radical (unpaired) electrons. The van der Waals surface area contributed by atoms with Crippen molar-refractivity contribution < 1.29 is 9.53 Å². The number of aromatic nitrogens is 2. The van der Waals surface area contributed by atoms with Gasteiger partial charge in [-0.05, 0) is 32.0 Å². The number of rotatable bonds is 4. The van der Waals surface area contributed by atoms with Crippen molar-refractivity contribution in [2.75, 3.05) is 6.61 Å². The molecule has 1 N–H and O–H groups in total. The van der Waals surface area contributed by atoms with Gasteiger partial charge in [0, 0.05) is 5.39 Å². The molecule has 1 aromatic carbocycles. The van der Waals surface area contributed by atoms with Crippen molar-refractivity contribution in [2.45, 2.75) is 19.9 Å². The summed E-state index contributed by atoms with van der Waals surface area (Å²) < 4.78 is 4.84. The van der Waals surface area contributed by atoms with Gasteiger partial charge in [0.2, 0.25) is 0 Å². The molecule has 1 heterocycles. The lowest BCUT2D eigenvalue weighted by molar-refractivity contribution is -0.144. The zero-order chi connectivity index (χ0) is 13.0. The summed E-state index contributed by atoms with van der Waals surface area (Å²) in [5, 5.41) is 15.7. The van der Waals surface area contributed by atoms with E-state index in [1.54, 1.807) is 20.0 Å². The van der Waals surface area contributed by atoms with Crippen LogP contribution in [0, 0.1) is 0 Å². The van der Waals surface area contributed by atoms with Crippen molar-refractivity contribution in [2.24, 2.45) is 10.2 Å². The normalized spacial score (nSPS) is 13.0. The van der Waals surface area contributed by atoms with Gasteiger partial charge in [-0.2, -0.15) is 15.3 Å². The van der Waals surface area contributed by atoms with E-state index in [1.165, 1.54) is 0 Å². The number of hydrogen-bond donors (Lipinski definition) is 1. The fraction of sp³-hybridized carbons (Fsp3) is 0.333. The van der Waals surface area contributed by atoms with Crippen LogP contribution < -0.4 is 0 Å². The Bertz CT molecular complexity index is 576. The zero-order valence-corrected chi connectivity index (χ0v) is 10.3. The number of nitrogens with one attached hydrogen (secondary N) is 1. The molecule has 18 heavy (non-hydrogen) atoms. The van der Waals surface area contributed by atoms with E-state index in [4.69, 9.17) is 4.74 Å². The number of carbonyl (C=O) groups is 1. The molecular formula is C12H14N4O2. The highest BCUT2D eigenvalue weighted by Crippen LogP contribution is 2.19. The lowest BCUT2D eigenvalue weighted by Gasteiger charge is -2.03. The van der Waals surface area contributed by atoms with Crippen LogP contribution in [0.3, 0.4) is 0 Å². The first-order valence-electron chi connectivity index (χ1n) is 5.71. The fourth-order valence-corrected chi connectivity index (χ4v) is 1.46. The predicted octanol–water partition coefficient (Wildman–Crippen LogP) is 2.60. The van der Waals surface area contributed by atoms with Gasteiger partial charge >= 0.3 is 5.97 Å². The SMILES string of the molecule is CCOC(=O)C(C)N=Nc1ccc2[nH]ncc2c1. The van der Waals surface area contributed by atoms with Crippen LogP contribution in [0.25, 0.3) is 10.9 Å². The van der Waals surface area contributed by atoms with Gasteiger partial charge in [-0.1, -0.05) is 0 Å². The molecule has 0 amide bonds. The first-order chi connectivity index (χ1) is 8.70. The summed E-state index contributed by atoms with van der Waals surface area (Å²) in [6, 6.07) is 4.93. The topological polar surface area (TPSA) is 79.7 Å². The van der Waals surface area contributed by atoms with Gasteiger partial charge in [-0.25, -0.2) is 4.79 Å². The van der Waals surface area contributed by atoms with E-state index >= 15 is 0 Å². The maximum absolute atomic E-state index is 11.3. The molecule has 2 rings (SSSR count). The zero-order valence-electron chi connectivity index (χ0n) is 10.3. The fourth-order valence-electron chi connectivity index (χ4n) is 1.46. The second-order valence-electron chi connectivity index (χ2n) is 3.79. The van der Waals surface area contributed by atoms with Crippen LogP contribution in [-0.2, 0) is 9.53 Å². The van der Waals surface area contributed by atoms with E-state index in [0.717, 1.165) is 10.9 Å². The standard InChI is InChI=1S/C12H14N4O2/c1-3-18-12(17)8(2)14-15-10-4-5-11-9(6-10)7-13-16-11/h4-8H,3H2,1-2H3,(H,13,16). The van der Waals surface area contributed by atoms with E-state index in [1.807, 2.05) is 18.2 Å². The number of esters is 1. The van der Waals surface area contributed by atoms with Gasteiger partial charge in [0.25, 0.3) is 0 Å². The van der Waals surface area contributed by atoms with Crippen LogP contribution in [-0.4, -0.2) is 28.8 Å². The molecule has 0 bridgehead atoms. The number of nitrogens with zero attached hydrogens (tertiary/aromatic N) is 3. The summed E-state index contributed by atoms with van der Waals surface area (Å²) in [7, 11) is 0. The Morgan fingerprint density at radius 1 is 1.56 bits per heavy atom. The number of aromatic amines is 1. The highest BCUT2D eigenvalue weighted by molar-refractivity contribution is 5.81. The molecule has 0 saturated carbocycles. The summed E-state index contributed by atoms with van der Waals surface area (Å²) in [5.74, 6) is -0.370. The van der Waals surface area contributed by atoms with Crippen molar-refractivity contribution >= 4 is 22.6 Å². The number of azo groups is 1. The Morgan fingerprint density at radius 3 is 3.17 bits per heavy atom. The van der Waals surface area contributed by atoms with Crippen molar-refractivity contribution in [3.63, 3.8) is 0 Å². The minimum absolute atomic E-state index is 0.347. The molecule has 6 nitrogen and oxygen atoms in total. The van der Waals surface area contributed by atoms with E-state index in [2.05, 4.69) is 20.4 Å². The Kier molecular flexibility index (Phi) is 3.66. The van der Waals surface area contributed by atoms with Crippen molar-refractivity contribution in [3.8, 4) is 0 Å². The largest absolute Gasteiger partial charge is 0.464 e. The third-order valence-corrected chi connectivity index (χ3v) is 2.40. The Hall–Kier alpha value is -2.24. The maximum Gasteiger partial charge on any atom is 0.332 e. The number of fused-ring (bicyclic) bond motifs is 1. The van der Waals surface area contributed by atoms with Crippen LogP contribution in [0.4, 0.5) is 5.69 Å². The molecule has 6 heteroatoms. The number of ether oxygens (including phenoxy) is 1. The van der Waals surface area contributed by atoms with Gasteiger partial charge in [0.1, 0.15) is 0 Å². The van der Waals surface area contributed by atoms with Gasteiger partial charge in [-0.15, -0.1) is 0 Å². The summed E-state index contributed by atoms with van der Waals surface area (Å²) in [6.07, 6.45) is 1.71. The first kappa shape index (κ1) is 12.2. The van der Waals surface area contributed by atoms with Crippen LogP contribution in [0.15, 0.2) is 34.6 Å². The minimum Gasteiger partial charge on any atom is -0.464 e. The molecular weight excluding hydrogens is 232 g/mol. The Balaban J connectivity index is 2.10. The van der Waals surface area contributed by atoms with E-state index in [9.17, 15) is 4.79 Å². The van der Waals surface area contributed by atoms with Gasteiger partial charge in [-0.3, -0.25) is 5.10 Å². The number of carbonyl (C=O) groups excluding carboxylic acids is 1. The third kappa shape index (κ3) is 2.71. The molecule has 1 atom stereocenters. The maximum atomic E-state index is 11.3. The first-order valence-corrected chi connectivity index (χ1v) is 5.71. The molecule has 1 aromatic heterocycles. The monoisotopic (exact) mass is 246 g/mol. The average molecular weight is 246 g/mol. The molecule has 0 saturated heterocycles. The molecule has 1 unspecified atom stereocenters. The quantitative estimate of drug-likeness (QED) is 0.665. The molecule has 0 aliphatic rings. The highest BCUT2D eigenvalue weighted by atomic mass is 16.5. The molecule has 94 valence electrons. The average Bonchev–Trinajstić information content (AvgIpc) is 2.83. The van der Waals surface area contributed by atoms with E-state index in [-0.39, 0.29) is 5.97 Å². The van der Waals surface area contributed by atoms with Crippen molar-refractivity contribution in [1.29, 1.82) is 0 Å². The second-order valence-corrected chi connectivity index (χ2v) is 3.79. The molecule has 0 spiro atoms. The lowest BCUT2D eigenvalue weighted by atomic mass is 10.2. The van der Waals surface area contributed by atoms with Crippen LogP contribution in [0.2, 0.25) is 0 Å². The molecule has 2 aromatic rings. The van der Waals surface area contributed by atoms with Crippen molar-refractivity contribution in [1.82, 2.24) is 10.2 Å². The van der Waals surface area contributed by atoms with Crippen LogP contribution >= 0.6 is 0 Å². The van der Waals surface area contributed by atoms with E-state index < -0.39 is 6.04 Å². The number of hydrogen-bond acceptors (Lipinski definition) is 5. The smallest absolute Gasteiger partial charge is 0.332 e. The number of benzene rings is 1. The highest BCUT2D eigenvalue weighted by Gasteiger charge is 2.12. The summed E-state index contributed by atoms with van der Waals surface area (Å²) in [5.41, 5.74) is 1.62. The Labute approximate surface area is 104 Å². The summed E-state index contributed by atoms with van der Waals surface area (Å²) in [4.78, 5) is 11.3. The van der Waals surface area contributed by atoms with Gasteiger partial charge in [0.15, 0.2) is 6.04 Å². The lowest BCUT2D eigenvalue weighted by Crippen LogP contribution is -2.17. The second kappa shape index (κ2) is 5.39. The summed E-state index contributed by atoms with van der Waals surface area (Å²) in [6.45, 7) is 3.76. The Morgan fingerprint density at radius 2 is 2.39 bits per heavy atom. The minimum atomic E-state index is -0.593. The van der Waals surface area contributed by atoms with E-state index in [0.29, 0.717) is 12.3 Å². The molecule has 0 aliphatic heterocycles. The van der Waals surface area contributed by atoms with Gasteiger partial charge in [0.05, 0.1) is 24.0 Å².